The molecule has 0 fully saturated rings. The summed E-state index contributed by atoms with van der Waals surface area (Å²) < 4.78 is 40.1. The maximum absolute atomic E-state index is 13.1. The van der Waals surface area contributed by atoms with Gasteiger partial charge in [0.05, 0.1) is 5.69 Å². The van der Waals surface area contributed by atoms with Gasteiger partial charge in [-0.25, -0.2) is 8.70 Å². The number of rotatable bonds is 8. The van der Waals surface area contributed by atoms with Crippen LogP contribution in [0.2, 0.25) is 0 Å². The Morgan fingerprint density at radius 3 is 2.23 bits per heavy atom. The summed E-state index contributed by atoms with van der Waals surface area (Å²) in [6.07, 6.45) is 0.642. The van der Waals surface area contributed by atoms with E-state index in [1.807, 2.05) is 30.3 Å². The minimum absolute atomic E-state index is 0.221. The van der Waals surface area contributed by atoms with Gasteiger partial charge in [0, 0.05) is 20.6 Å². The van der Waals surface area contributed by atoms with Crippen molar-refractivity contribution in [1.29, 1.82) is 0 Å². The molecule has 0 saturated heterocycles. The summed E-state index contributed by atoms with van der Waals surface area (Å²) in [4.78, 5) is 12.2. The van der Waals surface area contributed by atoms with Crippen molar-refractivity contribution >= 4 is 21.8 Å². The lowest BCUT2D eigenvalue weighted by Crippen LogP contribution is -2.46. The summed E-state index contributed by atoms with van der Waals surface area (Å²) in [5.41, 5.74) is 1.29. The molecule has 6 nitrogen and oxygen atoms in total. The molecule has 1 N–H and O–H groups in total. The number of benzene rings is 2. The molecule has 140 valence electrons. The maximum atomic E-state index is 13.1. The third-order valence-corrected chi connectivity index (χ3v) is 5.54. The monoisotopic (exact) mass is 379 g/mol. The number of hydrogen-bond donors (Lipinski definition) is 1. The van der Waals surface area contributed by atoms with E-state index in [4.69, 9.17) is 0 Å². The Hall–Kier alpha value is -2.45. The Balaban J connectivity index is 2.06. The molecule has 2 aromatic rings. The van der Waals surface area contributed by atoms with Gasteiger partial charge < -0.3 is 5.32 Å². The van der Waals surface area contributed by atoms with Crippen molar-refractivity contribution in [2.45, 2.75) is 6.42 Å². The summed E-state index contributed by atoms with van der Waals surface area (Å²) in [6, 6.07) is 14.6. The fourth-order valence-corrected chi connectivity index (χ4v) is 3.35. The third kappa shape index (κ3) is 5.27. The lowest BCUT2D eigenvalue weighted by atomic mass is 10.1. The molecule has 0 saturated carbocycles. The van der Waals surface area contributed by atoms with E-state index in [0.717, 1.165) is 26.3 Å². The standard InChI is InChI=1S/C18H22FN3O3S/c1-21(2)26(24,25)22(17-10-8-16(19)9-11-17)14-18(23)20-13-12-15-6-4-3-5-7-15/h3-11H,12-14H2,1-2H3,(H,20,23). The van der Waals surface area contributed by atoms with Gasteiger partial charge in [0.25, 0.3) is 0 Å². The zero-order valence-electron chi connectivity index (χ0n) is 14.7. The van der Waals surface area contributed by atoms with Gasteiger partial charge in [-0.1, -0.05) is 30.3 Å². The lowest BCUT2D eigenvalue weighted by molar-refractivity contribution is -0.119. The molecule has 0 aliphatic carbocycles. The molecule has 8 heteroatoms. The molecule has 0 radical (unpaired) electrons. The fourth-order valence-electron chi connectivity index (χ4n) is 2.29. The van der Waals surface area contributed by atoms with Crippen LogP contribution >= 0.6 is 0 Å². The van der Waals surface area contributed by atoms with Gasteiger partial charge in [0.15, 0.2) is 0 Å². The predicted octanol–water partition coefficient (Wildman–Crippen LogP) is 1.80. The Bertz CT molecular complexity index is 825. The van der Waals surface area contributed by atoms with Crippen LogP contribution in [0.15, 0.2) is 54.6 Å². The van der Waals surface area contributed by atoms with Crippen molar-refractivity contribution in [1.82, 2.24) is 9.62 Å². The Morgan fingerprint density at radius 1 is 1.04 bits per heavy atom. The quantitative estimate of drug-likeness (QED) is 0.760. The molecule has 2 rings (SSSR count). The SMILES string of the molecule is CN(C)S(=O)(=O)N(CC(=O)NCCc1ccccc1)c1ccc(F)cc1. The van der Waals surface area contributed by atoms with E-state index in [-0.39, 0.29) is 12.2 Å². The van der Waals surface area contributed by atoms with E-state index >= 15 is 0 Å². The Labute approximate surface area is 153 Å². The van der Waals surface area contributed by atoms with Crippen molar-refractivity contribution in [3.8, 4) is 0 Å². The fraction of sp³-hybridized carbons (Fsp3) is 0.278. The van der Waals surface area contributed by atoms with Gasteiger partial charge in [0.1, 0.15) is 12.4 Å². The topological polar surface area (TPSA) is 69.7 Å². The second kappa shape index (κ2) is 8.77. The van der Waals surface area contributed by atoms with Crippen LogP contribution in [0.3, 0.4) is 0 Å². The number of nitrogens with one attached hydrogen (secondary N) is 1. The van der Waals surface area contributed by atoms with Crippen LogP contribution in [0, 0.1) is 5.82 Å². The van der Waals surface area contributed by atoms with Crippen LogP contribution in [0.4, 0.5) is 10.1 Å². The molecule has 0 heterocycles. The van der Waals surface area contributed by atoms with Crippen molar-refractivity contribution in [2.75, 3.05) is 31.5 Å². The third-order valence-electron chi connectivity index (χ3n) is 3.72. The minimum atomic E-state index is -3.89. The molecule has 0 atom stereocenters. The van der Waals surface area contributed by atoms with Crippen LogP contribution in [0.25, 0.3) is 0 Å². The highest BCUT2D eigenvalue weighted by Gasteiger charge is 2.27. The van der Waals surface area contributed by atoms with Crippen molar-refractivity contribution in [2.24, 2.45) is 0 Å². The first-order valence-electron chi connectivity index (χ1n) is 8.07. The Kier molecular flexibility index (Phi) is 6.70. The number of carbonyl (C=O) groups excluding carboxylic acids is 1. The summed E-state index contributed by atoms with van der Waals surface area (Å²) in [6.45, 7) is 0.00303. The van der Waals surface area contributed by atoms with Crippen molar-refractivity contribution < 1.29 is 17.6 Å². The number of anilines is 1. The average Bonchev–Trinajstić information content (AvgIpc) is 2.61. The smallest absolute Gasteiger partial charge is 0.304 e. The van der Waals surface area contributed by atoms with Gasteiger partial charge in [-0.2, -0.15) is 12.7 Å². The molecule has 1 amide bonds. The second-order valence-corrected chi connectivity index (χ2v) is 7.93. The number of hydrogen-bond acceptors (Lipinski definition) is 3. The number of nitrogens with zero attached hydrogens (tertiary/aromatic N) is 2. The molecule has 26 heavy (non-hydrogen) atoms. The molecular formula is C18H22FN3O3S. The second-order valence-electron chi connectivity index (χ2n) is 5.86. The molecule has 0 spiro atoms. The first kappa shape index (κ1) is 19.9. The molecule has 0 aromatic heterocycles. The van der Waals surface area contributed by atoms with Gasteiger partial charge in [0.2, 0.25) is 5.91 Å². The zero-order valence-corrected chi connectivity index (χ0v) is 15.5. The van der Waals surface area contributed by atoms with Crippen LogP contribution < -0.4 is 9.62 Å². The lowest BCUT2D eigenvalue weighted by Gasteiger charge is -2.26. The van der Waals surface area contributed by atoms with Gasteiger partial charge >= 0.3 is 10.2 Å². The van der Waals surface area contributed by atoms with Crippen LogP contribution in [0.5, 0.6) is 0 Å². The summed E-state index contributed by atoms with van der Waals surface area (Å²) in [5, 5.41) is 2.72. The van der Waals surface area contributed by atoms with Gasteiger partial charge in [-0.05, 0) is 36.2 Å². The summed E-state index contributed by atoms with van der Waals surface area (Å²) in [5.74, 6) is -0.918. The number of amides is 1. The van der Waals surface area contributed by atoms with E-state index in [9.17, 15) is 17.6 Å². The first-order chi connectivity index (χ1) is 12.3. The van der Waals surface area contributed by atoms with Crippen molar-refractivity contribution in [3.63, 3.8) is 0 Å². The van der Waals surface area contributed by atoms with Crippen molar-refractivity contribution in [3.05, 3.63) is 66.0 Å². The molecule has 0 bridgehead atoms. The first-order valence-corrected chi connectivity index (χ1v) is 9.47. The zero-order chi connectivity index (χ0) is 19.2. The van der Waals surface area contributed by atoms with E-state index in [1.165, 1.54) is 26.2 Å². The highest BCUT2D eigenvalue weighted by Crippen LogP contribution is 2.19. The summed E-state index contributed by atoms with van der Waals surface area (Å²) in [7, 11) is -1.15. The van der Waals surface area contributed by atoms with E-state index < -0.39 is 21.9 Å². The average molecular weight is 379 g/mol. The minimum Gasteiger partial charge on any atom is -0.354 e. The van der Waals surface area contributed by atoms with Gasteiger partial charge in [-0.3, -0.25) is 4.79 Å². The maximum Gasteiger partial charge on any atom is 0.304 e. The molecule has 0 aliphatic heterocycles. The number of carbonyl (C=O) groups is 1. The van der Waals surface area contributed by atoms with E-state index in [2.05, 4.69) is 5.32 Å². The van der Waals surface area contributed by atoms with Crippen LogP contribution in [-0.4, -0.2) is 45.8 Å². The van der Waals surface area contributed by atoms with E-state index in [0.29, 0.717) is 13.0 Å². The highest BCUT2D eigenvalue weighted by molar-refractivity contribution is 7.90. The molecule has 0 aliphatic rings. The number of halogens is 1. The molecule has 0 unspecified atom stereocenters. The largest absolute Gasteiger partial charge is 0.354 e. The Morgan fingerprint density at radius 2 is 1.65 bits per heavy atom. The normalized spacial score (nSPS) is 11.4. The molecule has 2 aromatic carbocycles. The van der Waals surface area contributed by atoms with Gasteiger partial charge in [-0.15, -0.1) is 0 Å². The molecular weight excluding hydrogens is 357 g/mol. The van der Waals surface area contributed by atoms with Crippen LogP contribution in [0.1, 0.15) is 5.56 Å². The van der Waals surface area contributed by atoms with Crippen LogP contribution in [-0.2, 0) is 21.4 Å². The predicted molar refractivity (Wildman–Crippen MR) is 99.5 cm³/mol. The van der Waals surface area contributed by atoms with E-state index in [1.54, 1.807) is 0 Å². The summed E-state index contributed by atoms with van der Waals surface area (Å²) >= 11 is 0. The highest BCUT2D eigenvalue weighted by atomic mass is 32.2.